The van der Waals surface area contributed by atoms with Gasteiger partial charge in [0.15, 0.2) is 0 Å². The summed E-state index contributed by atoms with van der Waals surface area (Å²) in [5.74, 6) is -0.184. The minimum atomic E-state index is -0.184. The van der Waals surface area contributed by atoms with Crippen molar-refractivity contribution in [1.29, 1.82) is 0 Å². The van der Waals surface area contributed by atoms with Gasteiger partial charge < -0.3 is 15.3 Å². The smallest absolute Gasteiger partial charge is 0.123 e. The second kappa shape index (κ2) is 5.47. The lowest BCUT2D eigenvalue weighted by Crippen LogP contribution is -2.33. The van der Waals surface area contributed by atoms with Gasteiger partial charge in [0.2, 0.25) is 0 Å². The van der Waals surface area contributed by atoms with Gasteiger partial charge in [-0.1, -0.05) is 0 Å². The normalized spacial score (nSPS) is 23.1. The van der Waals surface area contributed by atoms with Crippen LogP contribution in [0.15, 0.2) is 18.2 Å². The summed E-state index contributed by atoms with van der Waals surface area (Å²) in [6.07, 6.45) is 4.57. The Hall–Kier alpha value is -1.13. The van der Waals surface area contributed by atoms with Crippen molar-refractivity contribution in [3.8, 4) is 0 Å². The van der Waals surface area contributed by atoms with Gasteiger partial charge >= 0.3 is 0 Å². The van der Waals surface area contributed by atoms with E-state index in [1.165, 1.54) is 18.9 Å². The van der Waals surface area contributed by atoms with E-state index in [0.717, 1.165) is 30.6 Å². The average Bonchev–Trinajstić information content (AvgIpc) is 3.13. The molecule has 1 aromatic rings. The molecular weight excluding hydrogens is 243 g/mol. The molecule has 0 aromatic heterocycles. The minimum Gasteiger partial charge on any atom is -0.394 e. The summed E-state index contributed by atoms with van der Waals surface area (Å²) in [6, 6.07) is 5.79. The highest BCUT2D eigenvalue weighted by molar-refractivity contribution is 5.55. The average molecular weight is 264 g/mol. The second-order valence-electron chi connectivity index (χ2n) is 5.60. The van der Waals surface area contributed by atoms with Crippen molar-refractivity contribution >= 4 is 5.69 Å². The monoisotopic (exact) mass is 264 g/mol. The Balaban J connectivity index is 1.81. The molecule has 2 aliphatic rings. The van der Waals surface area contributed by atoms with Gasteiger partial charge in [-0.3, -0.25) is 0 Å². The summed E-state index contributed by atoms with van der Waals surface area (Å²) in [6.45, 7) is 1.84. The van der Waals surface area contributed by atoms with Gasteiger partial charge in [0, 0.05) is 24.8 Å². The van der Waals surface area contributed by atoms with Crippen molar-refractivity contribution in [3.63, 3.8) is 0 Å². The van der Waals surface area contributed by atoms with Crippen LogP contribution in [-0.4, -0.2) is 30.3 Å². The zero-order valence-corrected chi connectivity index (χ0v) is 11.1. The Morgan fingerprint density at radius 3 is 2.89 bits per heavy atom. The van der Waals surface area contributed by atoms with Crippen LogP contribution in [0.2, 0.25) is 0 Å². The molecular formula is C15H21FN2O. The van der Waals surface area contributed by atoms with Crippen LogP contribution in [0.1, 0.15) is 31.2 Å². The van der Waals surface area contributed by atoms with Gasteiger partial charge in [0.1, 0.15) is 5.82 Å². The van der Waals surface area contributed by atoms with Crippen LogP contribution in [0, 0.1) is 5.82 Å². The number of rotatable bonds is 5. The van der Waals surface area contributed by atoms with Crippen molar-refractivity contribution in [2.75, 3.05) is 18.1 Å². The first-order valence-electron chi connectivity index (χ1n) is 7.17. The Morgan fingerprint density at radius 2 is 2.16 bits per heavy atom. The molecule has 1 aliphatic heterocycles. The van der Waals surface area contributed by atoms with Gasteiger partial charge in [-0.25, -0.2) is 4.39 Å². The maximum atomic E-state index is 13.5. The van der Waals surface area contributed by atoms with Crippen molar-refractivity contribution in [2.24, 2.45) is 0 Å². The number of hydrogen-bond donors (Lipinski definition) is 2. The Morgan fingerprint density at radius 1 is 1.32 bits per heavy atom. The topological polar surface area (TPSA) is 35.5 Å². The van der Waals surface area contributed by atoms with Crippen LogP contribution in [0.25, 0.3) is 0 Å². The highest BCUT2D eigenvalue weighted by Gasteiger charge is 2.26. The largest absolute Gasteiger partial charge is 0.394 e. The fourth-order valence-electron chi connectivity index (χ4n) is 2.86. The molecule has 1 saturated carbocycles. The first-order valence-corrected chi connectivity index (χ1v) is 7.17. The molecule has 3 nitrogen and oxygen atoms in total. The third-order valence-electron chi connectivity index (χ3n) is 4.10. The van der Waals surface area contributed by atoms with Crippen molar-refractivity contribution < 1.29 is 9.50 Å². The first-order chi connectivity index (χ1) is 9.28. The van der Waals surface area contributed by atoms with Crippen LogP contribution in [0.4, 0.5) is 10.1 Å². The van der Waals surface area contributed by atoms with E-state index in [4.69, 9.17) is 0 Å². The number of halogens is 1. The van der Waals surface area contributed by atoms with Crippen LogP contribution in [0.3, 0.4) is 0 Å². The van der Waals surface area contributed by atoms with Crippen LogP contribution in [-0.2, 0) is 6.54 Å². The summed E-state index contributed by atoms with van der Waals surface area (Å²) < 4.78 is 13.5. The lowest BCUT2D eigenvalue weighted by atomic mass is 10.1. The molecule has 1 aromatic carbocycles. The molecule has 19 heavy (non-hydrogen) atoms. The van der Waals surface area contributed by atoms with E-state index in [1.54, 1.807) is 6.07 Å². The van der Waals surface area contributed by atoms with E-state index in [9.17, 15) is 9.50 Å². The number of aliphatic hydroxyl groups is 1. The third kappa shape index (κ3) is 2.90. The molecule has 1 aliphatic carbocycles. The minimum absolute atomic E-state index is 0.173. The zero-order chi connectivity index (χ0) is 13.2. The predicted octanol–water partition coefficient (Wildman–Crippen LogP) is 2.04. The predicted molar refractivity (Wildman–Crippen MR) is 73.7 cm³/mol. The van der Waals surface area contributed by atoms with Gasteiger partial charge in [0.05, 0.1) is 12.6 Å². The molecule has 0 amide bonds. The van der Waals surface area contributed by atoms with E-state index in [0.29, 0.717) is 12.6 Å². The lowest BCUT2D eigenvalue weighted by Gasteiger charge is -2.28. The number of benzene rings is 1. The number of nitrogens with one attached hydrogen (secondary N) is 1. The fourth-order valence-corrected chi connectivity index (χ4v) is 2.86. The first kappa shape index (κ1) is 12.9. The maximum Gasteiger partial charge on any atom is 0.123 e. The molecule has 1 saturated heterocycles. The summed E-state index contributed by atoms with van der Waals surface area (Å²) in [4.78, 5) is 2.23. The Kier molecular flexibility index (Phi) is 3.71. The molecule has 1 heterocycles. The zero-order valence-electron chi connectivity index (χ0n) is 11.1. The summed E-state index contributed by atoms with van der Waals surface area (Å²) in [5.41, 5.74) is 2.08. The number of nitrogens with zero attached hydrogens (tertiary/aromatic N) is 1. The van der Waals surface area contributed by atoms with E-state index in [2.05, 4.69) is 10.2 Å². The summed E-state index contributed by atoms with van der Waals surface area (Å²) >= 11 is 0. The molecule has 0 spiro atoms. The van der Waals surface area contributed by atoms with Gasteiger partial charge in [-0.15, -0.1) is 0 Å². The highest BCUT2D eigenvalue weighted by atomic mass is 19.1. The van der Waals surface area contributed by atoms with Crippen LogP contribution < -0.4 is 10.2 Å². The highest BCUT2D eigenvalue weighted by Crippen LogP contribution is 2.30. The lowest BCUT2D eigenvalue weighted by molar-refractivity contribution is 0.266. The standard InChI is InChI=1S/C15H21FN2O/c16-12-3-6-15(18-7-1-2-14(18)10-19)11(8-12)9-17-13-4-5-13/h3,6,8,13-14,17,19H,1-2,4-5,7,9-10H2. The van der Waals surface area contributed by atoms with Gasteiger partial charge in [-0.2, -0.15) is 0 Å². The van der Waals surface area contributed by atoms with Crippen molar-refractivity contribution in [2.45, 2.75) is 44.3 Å². The number of hydrogen-bond acceptors (Lipinski definition) is 3. The quantitative estimate of drug-likeness (QED) is 0.854. The van der Waals surface area contributed by atoms with Gasteiger partial charge in [0.25, 0.3) is 0 Å². The molecule has 0 radical (unpaired) electrons. The van der Waals surface area contributed by atoms with E-state index in [-0.39, 0.29) is 18.5 Å². The summed E-state index contributed by atoms with van der Waals surface area (Å²) in [7, 11) is 0. The Labute approximate surface area is 113 Å². The van der Waals surface area contributed by atoms with E-state index >= 15 is 0 Å². The second-order valence-corrected chi connectivity index (χ2v) is 5.60. The SMILES string of the molecule is OCC1CCCN1c1ccc(F)cc1CNC1CC1. The van der Waals surface area contributed by atoms with E-state index < -0.39 is 0 Å². The maximum absolute atomic E-state index is 13.5. The van der Waals surface area contributed by atoms with Crippen molar-refractivity contribution in [3.05, 3.63) is 29.6 Å². The molecule has 1 atom stereocenters. The molecule has 0 bridgehead atoms. The molecule has 2 N–H and O–H groups in total. The molecule has 3 rings (SSSR count). The fraction of sp³-hybridized carbons (Fsp3) is 0.600. The van der Waals surface area contributed by atoms with Crippen molar-refractivity contribution in [1.82, 2.24) is 5.32 Å². The third-order valence-corrected chi connectivity index (χ3v) is 4.10. The molecule has 4 heteroatoms. The summed E-state index contributed by atoms with van der Waals surface area (Å²) in [5, 5.41) is 12.9. The number of anilines is 1. The molecule has 1 unspecified atom stereocenters. The van der Waals surface area contributed by atoms with Crippen LogP contribution >= 0.6 is 0 Å². The van der Waals surface area contributed by atoms with Gasteiger partial charge in [-0.05, 0) is 49.4 Å². The molecule has 104 valence electrons. The van der Waals surface area contributed by atoms with Crippen LogP contribution in [0.5, 0.6) is 0 Å². The molecule has 2 fully saturated rings. The Bertz CT molecular complexity index is 448. The van der Waals surface area contributed by atoms with E-state index in [1.807, 2.05) is 6.07 Å². The number of aliphatic hydroxyl groups excluding tert-OH is 1.